The van der Waals surface area contributed by atoms with Crippen LogP contribution >= 0.6 is 0 Å². The molecule has 0 aromatic carbocycles. The summed E-state index contributed by atoms with van der Waals surface area (Å²) in [5.74, 6) is 0.974. The summed E-state index contributed by atoms with van der Waals surface area (Å²) in [5, 5.41) is 3.58. The van der Waals surface area contributed by atoms with Crippen LogP contribution in [0.25, 0.3) is 0 Å². The van der Waals surface area contributed by atoms with E-state index < -0.39 is 0 Å². The van der Waals surface area contributed by atoms with E-state index in [2.05, 4.69) is 17.1 Å². The zero-order valence-electron chi connectivity index (χ0n) is 8.05. The van der Waals surface area contributed by atoms with Crippen molar-refractivity contribution in [3.63, 3.8) is 0 Å². The van der Waals surface area contributed by atoms with Crippen LogP contribution in [0.15, 0.2) is 0 Å². The van der Waals surface area contributed by atoms with E-state index in [4.69, 9.17) is 0 Å². The summed E-state index contributed by atoms with van der Waals surface area (Å²) in [6.07, 6.45) is 4.12. The average molecular weight is 168 g/mol. The average Bonchev–Trinajstić information content (AvgIpc) is 2.58. The molecule has 0 amide bonds. The lowest BCUT2D eigenvalue weighted by molar-refractivity contribution is 0.309. The van der Waals surface area contributed by atoms with E-state index in [0.717, 1.165) is 12.0 Å². The molecule has 0 radical (unpaired) electrons. The highest BCUT2D eigenvalue weighted by atomic mass is 15.2. The first kappa shape index (κ1) is 8.52. The van der Waals surface area contributed by atoms with Gasteiger partial charge in [-0.2, -0.15) is 0 Å². The Hall–Kier alpha value is -0.0800. The minimum atomic E-state index is 0.835. The van der Waals surface area contributed by atoms with Crippen LogP contribution in [0.2, 0.25) is 0 Å². The Kier molecular flexibility index (Phi) is 2.66. The third kappa shape index (κ3) is 1.64. The van der Waals surface area contributed by atoms with Gasteiger partial charge >= 0.3 is 0 Å². The highest BCUT2D eigenvalue weighted by molar-refractivity contribution is 4.93. The van der Waals surface area contributed by atoms with E-state index >= 15 is 0 Å². The zero-order chi connectivity index (χ0) is 8.39. The van der Waals surface area contributed by atoms with Crippen molar-refractivity contribution in [3.8, 4) is 0 Å². The largest absolute Gasteiger partial charge is 0.312 e. The van der Waals surface area contributed by atoms with Crippen LogP contribution in [-0.4, -0.2) is 37.1 Å². The highest BCUT2D eigenvalue weighted by Crippen LogP contribution is 2.24. The summed E-state index contributed by atoms with van der Waals surface area (Å²) in [6.45, 7) is 7.53. The predicted octanol–water partition coefficient (Wildman–Crippen LogP) is 1.08. The van der Waals surface area contributed by atoms with Crippen molar-refractivity contribution in [1.29, 1.82) is 0 Å². The quantitative estimate of drug-likeness (QED) is 0.678. The third-order valence-corrected chi connectivity index (χ3v) is 3.27. The highest BCUT2D eigenvalue weighted by Gasteiger charge is 2.35. The van der Waals surface area contributed by atoms with Gasteiger partial charge in [-0.25, -0.2) is 0 Å². The molecule has 2 atom stereocenters. The Morgan fingerprint density at radius 3 is 3.08 bits per heavy atom. The van der Waals surface area contributed by atoms with E-state index in [1.54, 1.807) is 0 Å². The van der Waals surface area contributed by atoms with Gasteiger partial charge in [-0.3, -0.25) is 0 Å². The zero-order valence-corrected chi connectivity index (χ0v) is 8.05. The first-order valence-corrected chi connectivity index (χ1v) is 5.36. The van der Waals surface area contributed by atoms with Crippen LogP contribution in [0.1, 0.15) is 26.2 Å². The molecule has 0 saturated carbocycles. The fraction of sp³-hybridized carbons (Fsp3) is 1.00. The number of hydrogen-bond acceptors (Lipinski definition) is 2. The molecule has 2 nitrogen and oxygen atoms in total. The van der Waals surface area contributed by atoms with Gasteiger partial charge in [0.15, 0.2) is 0 Å². The number of unbranched alkanes of at least 4 members (excludes halogenated alkanes) is 1. The Morgan fingerprint density at radius 1 is 1.42 bits per heavy atom. The van der Waals surface area contributed by atoms with Crippen molar-refractivity contribution < 1.29 is 0 Å². The molecule has 2 saturated heterocycles. The van der Waals surface area contributed by atoms with Gasteiger partial charge in [0.2, 0.25) is 0 Å². The topological polar surface area (TPSA) is 15.3 Å². The number of fused-ring (bicyclic) bond motifs is 1. The van der Waals surface area contributed by atoms with E-state index in [1.807, 2.05) is 0 Å². The van der Waals surface area contributed by atoms with Crippen molar-refractivity contribution >= 4 is 0 Å². The SMILES string of the molecule is CCCCN1CC2CCNC2C1. The lowest BCUT2D eigenvalue weighted by Gasteiger charge is -2.15. The van der Waals surface area contributed by atoms with Crippen LogP contribution in [0, 0.1) is 5.92 Å². The smallest absolute Gasteiger partial charge is 0.0235 e. The molecule has 0 aromatic rings. The molecule has 2 aliphatic heterocycles. The Bertz CT molecular complexity index is 135. The van der Waals surface area contributed by atoms with Crippen LogP contribution in [0.3, 0.4) is 0 Å². The molecule has 2 rings (SSSR count). The van der Waals surface area contributed by atoms with E-state index in [1.165, 1.54) is 45.4 Å². The van der Waals surface area contributed by atoms with Gasteiger partial charge in [-0.15, -0.1) is 0 Å². The molecule has 2 heteroatoms. The predicted molar refractivity (Wildman–Crippen MR) is 51.2 cm³/mol. The fourth-order valence-electron chi connectivity index (χ4n) is 2.50. The molecule has 0 spiro atoms. The maximum atomic E-state index is 3.58. The van der Waals surface area contributed by atoms with Gasteiger partial charge in [-0.05, 0) is 31.8 Å². The minimum Gasteiger partial charge on any atom is -0.312 e. The van der Waals surface area contributed by atoms with Crippen LogP contribution in [0.5, 0.6) is 0 Å². The first-order valence-electron chi connectivity index (χ1n) is 5.36. The normalized spacial score (nSPS) is 35.8. The summed E-state index contributed by atoms with van der Waals surface area (Å²) in [4.78, 5) is 2.63. The monoisotopic (exact) mass is 168 g/mol. The molecule has 2 heterocycles. The van der Waals surface area contributed by atoms with Gasteiger partial charge in [0.25, 0.3) is 0 Å². The van der Waals surface area contributed by atoms with Crippen molar-refractivity contribution in [1.82, 2.24) is 10.2 Å². The molecule has 2 aliphatic rings. The van der Waals surface area contributed by atoms with E-state index in [0.29, 0.717) is 0 Å². The van der Waals surface area contributed by atoms with Gasteiger partial charge in [0.1, 0.15) is 0 Å². The van der Waals surface area contributed by atoms with Gasteiger partial charge in [-0.1, -0.05) is 13.3 Å². The summed E-state index contributed by atoms with van der Waals surface area (Å²) < 4.78 is 0. The molecule has 2 unspecified atom stereocenters. The lowest BCUT2D eigenvalue weighted by Crippen LogP contribution is -2.30. The van der Waals surface area contributed by atoms with E-state index in [9.17, 15) is 0 Å². The fourth-order valence-corrected chi connectivity index (χ4v) is 2.50. The molecule has 1 N–H and O–H groups in total. The van der Waals surface area contributed by atoms with Crippen molar-refractivity contribution in [2.24, 2.45) is 5.92 Å². The van der Waals surface area contributed by atoms with Gasteiger partial charge in [0, 0.05) is 19.1 Å². The summed E-state index contributed by atoms with van der Waals surface area (Å²) in [6, 6.07) is 0.835. The maximum Gasteiger partial charge on any atom is 0.0235 e. The second-order valence-corrected chi connectivity index (χ2v) is 4.22. The molecule has 0 aliphatic carbocycles. The molecule has 0 bridgehead atoms. The standard InChI is InChI=1S/C10H20N2/c1-2-3-6-12-7-9-4-5-11-10(9)8-12/h9-11H,2-8H2,1H3. The number of likely N-dealkylation sites (tertiary alicyclic amines) is 1. The molecular formula is C10H20N2. The molecule has 0 aromatic heterocycles. The van der Waals surface area contributed by atoms with Gasteiger partial charge < -0.3 is 10.2 Å². The number of nitrogens with one attached hydrogen (secondary N) is 1. The van der Waals surface area contributed by atoms with Crippen molar-refractivity contribution in [3.05, 3.63) is 0 Å². The first-order chi connectivity index (χ1) is 5.90. The summed E-state index contributed by atoms with van der Waals surface area (Å²) in [7, 11) is 0. The van der Waals surface area contributed by atoms with Crippen molar-refractivity contribution in [2.75, 3.05) is 26.2 Å². The minimum absolute atomic E-state index is 0.835. The maximum absolute atomic E-state index is 3.58. The van der Waals surface area contributed by atoms with E-state index in [-0.39, 0.29) is 0 Å². The Morgan fingerprint density at radius 2 is 2.33 bits per heavy atom. The van der Waals surface area contributed by atoms with Gasteiger partial charge in [0.05, 0.1) is 0 Å². The van der Waals surface area contributed by atoms with Crippen LogP contribution < -0.4 is 5.32 Å². The second kappa shape index (κ2) is 3.75. The van der Waals surface area contributed by atoms with Crippen molar-refractivity contribution in [2.45, 2.75) is 32.2 Å². The Labute approximate surface area is 75.3 Å². The molecule has 70 valence electrons. The molecular weight excluding hydrogens is 148 g/mol. The second-order valence-electron chi connectivity index (χ2n) is 4.22. The molecule has 12 heavy (non-hydrogen) atoms. The number of nitrogens with zero attached hydrogens (tertiary/aromatic N) is 1. The molecule has 2 fully saturated rings. The van der Waals surface area contributed by atoms with Crippen LogP contribution in [0.4, 0.5) is 0 Å². The number of rotatable bonds is 3. The Balaban J connectivity index is 1.75. The summed E-state index contributed by atoms with van der Waals surface area (Å²) >= 11 is 0. The van der Waals surface area contributed by atoms with Crippen LogP contribution in [-0.2, 0) is 0 Å². The number of hydrogen-bond donors (Lipinski definition) is 1. The third-order valence-electron chi connectivity index (χ3n) is 3.27. The summed E-state index contributed by atoms with van der Waals surface area (Å²) in [5.41, 5.74) is 0. The lowest BCUT2D eigenvalue weighted by atomic mass is 10.1.